The van der Waals surface area contributed by atoms with Crippen LogP contribution in [0.1, 0.15) is 26.2 Å². The molecule has 1 atom stereocenters. The first-order valence-electron chi connectivity index (χ1n) is 10.2. The zero-order valence-electron chi connectivity index (χ0n) is 17.4. The van der Waals surface area contributed by atoms with Crippen molar-refractivity contribution in [2.45, 2.75) is 37.1 Å². The molecule has 2 aliphatic heterocycles. The number of amides is 1. The van der Waals surface area contributed by atoms with Crippen LogP contribution in [-0.4, -0.2) is 81.4 Å². The Kier molecular flexibility index (Phi) is 6.94. The van der Waals surface area contributed by atoms with Crippen molar-refractivity contribution in [1.82, 2.24) is 14.5 Å². The molecule has 0 bridgehead atoms. The van der Waals surface area contributed by atoms with Crippen LogP contribution in [0, 0.1) is 10.1 Å². The Morgan fingerprint density at radius 2 is 1.90 bits per heavy atom. The fourth-order valence-corrected chi connectivity index (χ4v) is 4.85. The van der Waals surface area contributed by atoms with Gasteiger partial charge in [0, 0.05) is 44.8 Å². The van der Waals surface area contributed by atoms with Crippen molar-refractivity contribution >= 4 is 27.3 Å². The molecule has 30 heavy (non-hydrogen) atoms. The van der Waals surface area contributed by atoms with Gasteiger partial charge in [-0.05, 0) is 45.4 Å². The fourth-order valence-electron chi connectivity index (χ4n) is 4.10. The molecule has 0 aliphatic carbocycles. The summed E-state index contributed by atoms with van der Waals surface area (Å²) in [7, 11) is -2.50. The van der Waals surface area contributed by atoms with E-state index in [1.165, 1.54) is 19.2 Å². The van der Waals surface area contributed by atoms with Crippen molar-refractivity contribution in [2.24, 2.45) is 0 Å². The predicted molar refractivity (Wildman–Crippen MR) is 113 cm³/mol. The summed E-state index contributed by atoms with van der Waals surface area (Å²) in [6, 6.07) is 4.23. The van der Waals surface area contributed by atoms with Crippen LogP contribution < -0.4 is 9.62 Å². The van der Waals surface area contributed by atoms with Crippen molar-refractivity contribution in [3.05, 3.63) is 28.3 Å². The number of rotatable bonds is 6. The molecule has 1 aromatic rings. The summed E-state index contributed by atoms with van der Waals surface area (Å²) in [5.41, 5.74) is 0.156. The average molecular weight is 440 g/mol. The van der Waals surface area contributed by atoms with E-state index in [4.69, 9.17) is 0 Å². The Morgan fingerprint density at radius 1 is 1.20 bits per heavy atom. The summed E-state index contributed by atoms with van der Waals surface area (Å²) in [5.74, 6) is 0.142. The maximum atomic E-state index is 12.7. The largest absolute Gasteiger partial charge is 0.363 e. The van der Waals surface area contributed by atoms with E-state index >= 15 is 0 Å². The number of likely N-dealkylation sites (tertiary alicyclic amines) is 1. The van der Waals surface area contributed by atoms with E-state index in [0.717, 1.165) is 31.9 Å². The molecule has 2 heterocycles. The second-order valence-electron chi connectivity index (χ2n) is 7.81. The molecule has 1 amide bonds. The number of piperazine rings is 1. The zero-order chi connectivity index (χ0) is 21.9. The lowest BCUT2D eigenvalue weighted by Gasteiger charge is -2.38. The Hall–Kier alpha value is -2.24. The van der Waals surface area contributed by atoms with Gasteiger partial charge in [-0.1, -0.05) is 0 Å². The smallest absolute Gasteiger partial charge is 0.293 e. The van der Waals surface area contributed by atoms with Gasteiger partial charge in [0.15, 0.2) is 0 Å². The number of anilines is 1. The summed E-state index contributed by atoms with van der Waals surface area (Å²) in [6.45, 7) is 5.55. The monoisotopic (exact) mass is 439 g/mol. The lowest BCUT2D eigenvalue weighted by Crippen LogP contribution is -2.52. The van der Waals surface area contributed by atoms with Crippen molar-refractivity contribution < 1.29 is 18.1 Å². The highest BCUT2D eigenvalue weighted by molar-refractivity contribution is 7.89. The first-order chi connectivity index (χ1) is 14.2. The van der Waals surface area contributed by atoms with Gasteiger partial charge in [0.05, 0.1) is 16.4 Å². The molecule has 166 valence electrons. The molecule has 0 spiro atoms. The summed E-state index contributed by atoms with van der Waals surface area (Å²) in [6.07, 6.45) is 3.26. The zero-order valence-corrected chi connectivity index (χ0v) is 18.2. The number of nitro benzene ring substituents is 1. The highest BCUT2D eigenvalue weighted by atomic mass is 32.2. The molecule has 10 nitrogen and oxygen atoms in total. The molecule has 1 aromatic carbocycles. The second-order valence-corrected chi connectivity index (χ2v) is 9.70. The van der Waals surface area contributed by atoms with Gasteiger partial charge >= 0.3 is 0 Å². The topological polar surface area (TPSA) is 116 Å². The minimum absolute atomic E-state index is 0.139. The maximum absolute atomic E-state index is 12.7. The van der Waals surface area contributed by atoms with Crippen molar-refractivity contribution in [1.29, 1.82) is 0 Å². The molecule has 0 aromatic heterocycles. The van der Waals surface area contributed by atoms with E-state index < -0.39 is 14.9 Å². The van der Waals surface area contributed by atoms with Gasteiger partial charge in [-0.25, -0.2) is 13.1 Å². The lowest BCUT2D eigenvalue weighted by atomic mass is 10.0. The highest BCUT2D eigenvalue weighted by Gasteiger charge is 2.29. The first kappa shape index (κ1) is 22.4. The fraction of sp³-hybridized carbons (Fsp3) is 0.632. The van der Waals surface area contributed by atoms with Crippen LogP contribution in [-0.2, 0) is 14.8 Å². The van der Waals surface area contributed by atoms with Crippen molar-refractivity contribution in [3.63, 3.8) is 0 Å². The molecule has 1 N–H and O–H groups in total. The van der Waals surface area contributed by atoms with Gasteiger partial charge in [-0.2, -0.15) is 0 Å². The summed E-state index contributed by atoms with van der Waals surface area (Å²) >= 11 is 0. The molecule has 2 aliphatic rings. The number of sulfonamides is 1. The summed E-state index contributed by atoms with van der Waals surface area (Å²) in [5, 5.41) is 11.6. The van der Waals surface area contributed by atoms with E-state index in [0.29, 0.717) is 38.4 Å². The van der Waals surface area contributed by atoms with E-state index in [1.54, 1.807) is 0 Å². The molecule has 0 radical (unpaired) electrons. The van der Waals surface area contributed by atoms with E-state index in [1.807, 2.05) is 9.80 Å². The Balaban J connectivity index is 1.66. The minimum atomic E-state index is -3.76. The van der Waals surface area contributed by atoms with Crippen LogP contribution >= 0.6 is 0 Å². The van der Waals surface area contributed by atoms with Crippen LogP contribution in [0.4, 0.5) is 11.4 Å². The highest BCUT2D eigenvalue weighted by Crippen LogP contribution is 2.31. The quantitative estimate of drug-likeness (QED) is 0.520. The van der Waals surface area contributed by atoms with E-state index in [-0.39, 0.29) is 22.5 Å². The van der Waals surface area contributed by atoms with Crippen molar-refractivity contribution in [2.75, 3.05) is 51.2 Å². The van der Waals surface area contributed by atoms with Gasteiger partial charge in [0.1, 0.15) is 5.69 Å². The number of hydrogen-bond acceptors (Lipinski definition) is 7. The Labute approximate surface area is 177 Å². The maximum Gasteiger partial charge on any atom is 0.293 e. The number of carbonyl (C=O) groups excluding carboxylic acids is 1. The van der Waals surface area contributed by atoms with Gasteiger partial charge in [-0.15, -0.1) is 0 Å². The van der Waals surface area contributed by atoms with Crippen LogP contribution in [0.5, 0.6) is 0 Å². The summed E-state index contributed by atoms with van der Waals surface area (Å²) < 4.78 is 26.1. The molecule has 2 saturated heterocycles. The van der Waals surface area contributed by atoms with Crippen molar-refractivity contribution in [3.8, 4) is 0 Å². The SMILES string of the molecule is CNS(=O)(=O)c1ccc(N2CCN(CC(=O)N3CCCC[C@H]3C)CC2)c([N+](=O)[O-])c1. The minimum Gasteiger partial charge on any atom is -0.363 e. The second kappa shape index (κ2) is 9.27. The molecule has 11 heteroatoms. The van der Waals surface area contributed by atoms with Gasteiger partial charge < -0.3 is 9.80 Å². The normalized spacial score (nSPS) is 20.9. The summed E-state index contributed by atoms with van der Waals surface area (Å²) in [4.78, 5) is 29.4. The number of nitrogens with zero attached hydrogens (tertiary/aromatic N) is 4. The molecular weight excluding hydrogens is 410 g/mol. The number of nitrogens with one attached hydrogen (secondary N) is 1. The number of hydrogen-bond donors (Lipinski definition) is 1. The molecule has 2 fully saturated rings. The molecule has 3 rings (SSSR count). The number of carbonyl (C=O) groups is 1. The number of piperidine rings is 1. The van der Waals surface area contributed by atoms with Gasteiger partial charge in [0.25, 0.3) is 5.69 Å². The third-order valence-electron chi connectivity index (χ3n) is 5.92. The lowest BCUT2D eigenvalue weighted by molar-refractivity contribution is -0.384. The van der Waals surface area contributed by atoms with E-state index in [2.05, 4.69) is 16.5 Å². The third kappa shape index (κ3) is 4.90. The Morgan fingerprint density at radius 3 is 2.50 bits per heavy atom. The number of nitro groups is 1. The Bertz CT molecular complexity index is 899. The van der Waals surface area contributed by atoms with Crippen LogP contribution in [0.2, 0.25) is 0 Å². The van der Waals surface area contributed by atoms with Crippen LogP contribution in [0.15, 0.2) is 23.1 Å². The number of benzene rings is 1. The van der Waals surface area contributed by atoms with Gasteiger partial charge in [-0.3, -0.25) is 19.8 Å². The molecular formula is C19H29N5O5S. The van der Waals surface area contributed by atoms with E-state index in [9.17, 15) is 23.3 Å². The average Bonchev–Trinajstić information content (AvgIpc) is 2.74. The molecule has 0 unspecified atom stereocenters. The first-order valence-corrected chi connectivity index (χ1v) is 11.7. The van der Waals surface area contributed by atoms with Crippen LogP contribution in [0.25, 0.3) is 0 Å². The van der Waals surface area contributed by atoms with Crippen LogP contribution in [0.3, 0.4) is 0 Å². The van der Waals surface area contributed by atoms with Gasteiger partial charge in [0.2, 0.25) is 15.9 Å². The molecule has 0 saturated carbocycles. The standard InChI is InChI=1S/C19H29N5O5S/c1-15-5-3-4-8-23(15)19(25)14-21-9-11-22(12-10-21)17-7-6-16(30(28,29)20-2)13-18(17)24(26)27/h6-7,13,15,20H,3-5,8-12,14H2,1-2H3/t15-/m1/s1. The predicted octanol–water partition coefficient (Wildman–Crippen LogP) is 1.03. The third-order valence-corrected chi connectivity index (χ3v) is 7.33.